The van der Waals surface area contributed by atoms with Crippen LogP contribution in [-0.2, 0) is 22.6 Å². The number of ether oxygens (including phenoxy) is 2. The fourth-order valence-corrected chi connectivity index (χ4v) is 3.26. The van der Waals surface area contributed by atoms with Crippen LogP contribution < -0.4 is 26.6 Å². The lowest BCUT2D eigenvalue weighted by atomic mass is 10.2. The van der Waals surface area contributed by atoms with Gasteiger partial charge in [0.2, 0.25) is 0 Å². The Balaban J connectivity index is 2.03. The van der Waals surface area contributed by atoms with Crippen LogP contribution in [0.1, 0.15) is 12.5 Å². The van der Waals surface area contributed by atoms with E-state index < -0.39 is 29.1 Å². The minimum atomic E-state index is -1.04. The molecule has 0 fully saturated rings. The number of nitrogen functional groups attached to an aromatic ring is 1. The lowest BCUT2D eigenvalue weighted by molar-refractivity contribution is -0.124. The summed E-state index contributed by atoms with van der Waals surface area (Å²) in [4.78, 5) is 41.9. The number of carbonyl (C=O) groups is 1. The highest BCUT2D eigenvalue weighted by atomic mass is 19.1. The third-order valence-corrected chi connectivity index (χ3v) is 4.93. The number of amides is 1. The number of benzene rings is 2. The topological polar surface area (TPSA) is 120 Å². The molecule has 0 saturated heterocycles. The summed E-state index contributed by atoms with van der Waals surface area (Å²) in [7, 11) is 1.47. The molecule has 0 aliphatic rings. The van der Waals surface area contributed by atoms with Gasteiger partial charge in [0, 0.05) is 7.11 Å². The third-order valence-electron chi connectivity index (χ3n) is 4.93. The van der Waals surface area contributed by atoms with Gasteiger partial charge in [-0.05, 0) is 36.8 Å². The summed E-state index contributed by atoms with van der Waals surface area (Å²) in [5.74, 6) is -0.898. The van der Waals surface area contributed by atoms with Crippen LogP contribution in [0.25, 0.3) is 0 Å². The van der Waals surface area contributed by atoms with Gasteiger partial charge in [0.05, 0.1) is 19.7 Å². The van der Waals surface area contributed by atoms with Crippen molar-refractivity contribution in [2.45, 2.75) is 26.1 Å². The summed E-state index contributed by atoms with van der Waals surface area (Å²) < 4.78 is 25.0. The predicted molar refractivity (Wildman–Crippen MR) is 122 cm³/mol. The number of carbonyl (C=O) groups excluding carboxylic acids is 1. The van der Waals surface area contributed by atoms with Crippen molar-refractivity contribution in [2.75, 3.05) is 24.4 Å². The number of H-pyrrole nitrogens is 1. The normalized spacial score (nSPS) is 11.7. The number of methoxy groups -OCH3 is 1. The van der Waals surface area contributed by atoms with Crippen LogP contribution in [0.4, 0.5) is 15.9 Å². The van der Waals surface area contributed by atoms with Gasteiger partial charge in [-0.15, -0.1) is 0 Å². The lowest BCUT2D eigenvalue weighted by Crippen LogP contribution is -2.45. The van der Waals surface area contributed by atoms with E-state index in [0.29, 0.717) is 0 Å². The largest absolute Gasteiger partial charge is 0.481 e. The number of aromatic nitrogens is 2. The average Bonchev–Trinajstić information content (AvgIpc) is 2.79. The first kappa shape index (κ1) is 23.7. The molecule has 0 bridgehead atoms. The van der Waals surface area contributed by atoms with Crippen molar-refractivity contribution in [1.82, 2.24) is 9.55 Å². The maximum Gasteiger partial charge on any atom is 0.330 e. The molecular formula is C23H25FN4O5. The Hall–Kier alpha value is -3.92. The Morgan fingerprint density at radius 1 is 1.15 bits per heavy atom. The van der Waals surface area contributed by atoms with Crippen LogP contribution in [0.15, 0.2) is 64.2 Å². The van der Waals surface area contributed by atoms with E-state index in [2.05, 4.69) is 4.98 Å². The Morgan fingerprint density at radius 3 is 2.45 bits per heavy atom. The highest BCUT2D eigenvalue weighted by molar-refractivity contribution is 5.98. The quantitative estimate of drug-likeness (QED) is 0.508. The summed E-state index contributed by atoms with van der Waals surface area (Å²) in [6, 6.07) is 14.2. The number of nitrogens with zero attached hydrogens (tertiary/aromatic N) is 2. The highest BCUT2D eigenvalue weighted by Gasteiger charge is 2.29. The number of nitrogens with two attached hydrogens (primary N) is 1. The minimum absolute atomic E-state index is 0.00650. The maximum atomic E-state index is 13.4. The molecule has 0 aliphatic heterocycles. The van der Waals surface area contributed by atoms with E-state index in [1.807, 2.05) is 6.07 Å². The summed E-state index contributed by atoms with van der Waals surface area (Å²) >= 11 is 0. The van der Waals surface area contributed by atoms with Gasteiger partial charge in [0.25, 0.3) is 11.5 Å². The molecule has 1 aromatic heterocycles. The Bertz CT molecular complexity index is 1210. The second-order valence-electron chi connectivity index (χ2n) is 7.26. The van der Waals surface area contributed by atoms with Crippen molar-refractivity contribution in [3.8, 4) is 5.75 Å². The van der Waals surface area contributed by atoms with Crippen LogP contribution in [0.3, 0.4) is 0 Å². The molecule has 1 amide bonds. The molecule has 0 radical (unpaired) electrons. The smallest absolute Gasteiger partial charge is 0.330 e. The number of rotatable bonds is 9. The first-order valence-electron chi connectivity index (χ1n) is 10.2. The Morgan fingerprint density at radius 2 is 1.82 bits per heavy atom. The Labute approximate surface area is 189 Å². The zero-order chi connectivity index (χ0) is 24.0. The van der Waals surface area contributed by atoms with Crippen LogP contribution >= 0.6 is 0 Å². The fourth-order valence-electron chi connectivity index (χ4n) is 3.26. The molecule has 9 nitrogen and oxygen atoms in total. The van der Waals surface area contributed by atoms with Gasteiger partial charge in [-0.3, -0.25) is 24.0 Å². The summed E-state index contributed by atoms with van der Waals surface area (Å²) in [5, 5.41) is 0. The third kappa shape index (κ3) is 5.66. The van der Waals surface area contributed by atoms with Crippen LogP contribution in [-0.4, -0.2) is 35.3 Å². The number of anilines is 2. The zero-order valence-corrected chi connectivity index (χ0v) is 18.3. The molecule has 33 heavy (non-hydrogen) atoms. The number of nitrogens with one attached hydrogen (secondary N) is 1. The Kier molecular flexibility index (Phi) is 7.62. The van der Waals surface area contributed by atoms with Crippen molar-refractivity contribution in [1.29, 1.82) is 0 Å². The molecule has 10 heteroatoms. The second kappa shape index (κ2) is 10.6. The van der Waals surface area contributed by atoms with Gasteiger partial charge in [0.15, 0.2) is 11.8 Å². The maximum absolute atomic E-state index is 13.4. The number of hydrogen-bond donors (Lipinski definition) is 2. The van der Waals surface area contributed by atoms with E-state index in [-0.39, 0.29) is 37.0 Å². The van der Waals surface area contributed by atoms with Gasteiger partial charge in [-0.25, -0.2) is 9.18 Å². The van der Waals surface area contributed by atoms with Crippen LogP contribution in [0, 0.1) is 5.82 Å². The molecule has 0 saturated carbocycles. The van der Waals surface area contributed by atoms with Gasteiger partial charge in [-0.2, -0.15) is 0 Å². The first-order chi connectivity index (χ1) is 15.8. The average molecular weight is 456 g/mol. The first-order valence-corrected chi connectivity index (χ1v) is 10.2. The summed E-state index contributed by atoms with van der Waals surface area (Å²) in [5.41, 5.74) is 5.25. The fraction of sp³-hybridized carbons (Fsp3) is 0.261. The monoisotopic (exact) mass is 456 g/mol. The van der Waals surface area contributed by atoms with E-state index in [0.717, 1.165) is 10.1 Å². The number of hydrogen-bond acceptors (Lipinski definition) is 6. The summed E-state index contributed by atoms with van der Waals surface area (Å²) in [6.45, 7) is 1.77. The molecule has 174 valence electrons. The minimum Gasteiger partial charge on any atom is -0.481 e. The van der Waals surface area contributed by atoms with Crippen LogP contribution in [0.2, 0.25) is 0 Å². The van der Waals surface area contributed by atoms with E-state index in [1.54, 1.807) is 24.3 Å². The van der Waals surface area contributed by atoms with E-state index >= 15 is 0 Å². The van der Waals surface area contributed by atoms with Crippen molar-refractivity contribution in [2.24, 2.45) is 0 Å². The highest BCUT2D eigenvalue weighted by Crippen LogP contribution is 2.22. The molecule has 2 aromatic carbocycles. The predicted octanol–water partition coefficient (Wildman–Crippen LogP) is 1.91. The number of aromatic amines is 1. The molecule has 1 atom stereocenters. The van der Waals surface area contributed by atoms with Gasteiger partial charge in [0.1, 0.15) is 17.4 Å². The van der Waals surface area contributed by atoms with E-state index in [4.69, 9.17) is 15.2 Å². The van der Waals surface area contributed by atoms with Crippen molar-refractivity contribution in [3.05, 3.63) is 86.8 Å². The second-order valence-corrected chi connectivity index (χ2v) is 7.26. The van der Waals surface area contributed by atoms with E-state index in [9.17, 15) is 18.8 Å². The lowest BCUT2D eigenvalue weighted by Gasteiger charge is -2.27. The number of halogens is 1. The van der Waals surface area contributed by atoms with Gasteiger partial charge >= 0.3 is 5.69 Å². The molecule has 0 spiro atoms. The van der Waals surface area contributed by atoms with Crippen molar-refractivity contribution >= 4 is 17.4 Å². The van der Waals surface area contributed by atoms with Crippen molar-refractivity contribution in [3.63, 3.8) is 0 Å². The van der Waals surface area contributed by atoms with Gasteiger partial charge < -0.3 is 15.2 Å². The molecule has 0 aliphatic carbocycles. The standard InChI is InChI=1S/C23H25FN4O5/c1-15(33-18-10-8-17(24)9-11-18)22(30)28(14-16-6-4-3-5-7-16)19-20(25)27(12-13-32-2)23(31)26-21(19)29/h3-11,15H,12-14,25H2,1-2H3,(H,26,29,31). The zero-order valence-electron chi connectivity index (χ0n) is 18.3. The van der Waals surface area contributed by atoms with Crippen LogP contribution in [0.5, 0.6) is 5.75 Å². The molecule has 1 heterocycles. The summed E-state index contributed by atoms with van der Waals surface area (Å²) in [6.07, 6.45) is -1.04. The van der Waals surface area contributed by atoms with Gasteiger partial charge in [-0.1, -0.05) is 30.3 Å². The SMILES string of the molecule is COCCn1c(N)c(N(Cc2ccccc2)C(=O)C(C)Oc2ccc(F)cc2)c(=O)[nH]c1=O. The van der Waals surface area contributed by atoms with Crippen molar-refractivity contribution < 1.29 is 18.7 Å². The molecule has 3 N–H and O–H groups in total. The molecule has 3 aromatic rings. The van der Waals surface area contributed by atoms with E-state index in [1.165, 1.54) is 43.2 Å². The molecule has 3 rings (SSSR count). The molecule has 1 unspecified atom stereocenters. The molecular weight excluding hydrogens is 431 g/mol.